The van der Waals surface area contributed by atoms with Gasteiger partial charge in [-0.25, -0.2) is 0 Å². The van der Waals surface area contributed by atoms with Crippen molar-refractivity contribution in [2.45, 2.75) is 56.5 Å². The minimum absolute atomic E-state index is 0.580. The van der Waals surface area contributed by atoms with Crippen molar-refractivity contribution in [3.63, 3.8) is 0 Å². The first kappa shape index (κ1) is 10.0. The highest BCUT2D eigenvalue weighted by molar-refractivity contribution is 7.99. The third kappa shape index (κ3) is 1.95. The molecule has 1 aliphatic carbocycles. The van der Waals surface area contributed by atoms with Gasteiger partial charge < -0.3 is 4.57 Å². The van der Waals surface area contributed by atoms with Crippen LogP contribution < -0.4 is 0 Å². The van der Waals surface area contributed by atoms with Gasteiger partial charge >= 0.3 is 0 Å². The molecule has 1 aliphatic rings. The van der Waals surface area contributed by atoms with Crippen LogP contribution in [0.25, 0.3) is 0 Å². The normalized spacial score (nSPS) is 16.6. The predicted octanol–water partition coefficient (Wildman–Crippen LogP) is 2.68. The van der Waals surface area contributed by atoms with Crippen LogP contribution in [0.4, 0.5) is 0 Å². The SMILES string of the molecule is CCn1c(SC(C)C)nnc1C1CC1. The van der Waals surface area contributed by atoms with Crippen LogP contribution in [0.15, 0.2) is 5.16 Å². The molecule has 0 atom stereocenters. The average molecular weight is 211 g/mol. The Labute approximate surface area is 89.3 Å². The van der Waals surface area contributed by atoms with E-state index in [1.54, 1.807) is 11.8 Å². The zero-order valence-corrected chi connectivity index (χ0v) is 9.84. The first-order valence-electron chi connectivity index (χ1n) is 5.32. The fourth-order valence-corrected chi connectivity index (χ4v) is 2.40. The molecule has 1 saturated carbocycles. The molecule has 0 unspecified atom stereocenters. The Morgan fingerprint density at radius 3 is 2.64 bits per heavy atom. The largest absolute Gasteiger partial charge is 0.306 e. The van der Waals surface area contributed by atoms with E-state index in [0.717, 1.165) is 11.7 Å². The number of rotatable bonds is 4. The van der Waals surface area contributed by atoms with Gasteiger partial charge in [0.1, 0.15) is 5.82 Å². The maximum Gasteiger partial charge on any atom is 0.191 e. The van der Waals surface area contributed by atoms with Gasteiger partial charge in [-0.05, 0) is 19.8 Å². The van der Waals surface area contributed by atoms with Gasteiger partial charge in [0, 0.05) is 17.7 Å². The predicted molar refractivity (Wildman–Crippen MR) is 58.7 cm³/mol. The molecule has 0 bridgehead atoms. The molecule has 78 valence electrons. The first-order chi connectivity index (χ1) is 6.72. The van der Waals surface area contributed by atoms with Gasteiger partial charge in [0.2, 0.25) is 0 Å². The average Bonchev–Trinajstić information content (AvgIpc) is 2.88. The molecular formula is C10H17N3S. The van der Waals surface area contributed by atoms with E-state index in [2.05, 4.69) is 35.5 Å². The minimum atomic E-state index is 0.580. The van der Waals surface area contributed by atoms with Crippen LogP contribution in [0.3, 0.4) is 0 Å². The molecule has 1 aromatic heterocycles. The molecule has 0 saturated heterocycles. The fraction of sp³-hybridized carbons (Fsp3) is 0.800. The number of hydrogen-bond acceptors (Lipinski definition) is 3. The van der Waals surface area contributed by atoms with E-state index in [0.29, 0.717) is 11.2 Å². The Hall–Kier alpha value is -0.510. The number of nitrogens with zero attached hydrogens (tertiary/aromatic N) is 3. The highest BCUT2D eigenvalue weighted by Gasteiger charge is 2.29. The van der Waals surface area contributed by atoms with E-state index in [9.17, 15) is 0 Å². The van der Waals surface area contributed by atoms with Crippen molar-refractivity contribution in [2.24, 2.45) is 0 Å². The maximum atomic E-state index is 4.29. The molecule has 1 heterocycles. The van der Waals surface area contributed by atoms with E-state index in [1.807, 2.05) is 0 Å². The van der Waals surface area contributed by atoms with Crippen LogP contribution in [-0.2, 0) is 6.54 Å². The molecule has 4 heteroatoms. The van der Waals surface area contributed by atoms with Gasteiger partial charge in [0.15, 0.2) is 5.16 Å². The zero-order chi connectivity index (χ0) is 10.1. The summed E-state index contributed by atoms with van der Waals surface area (Å²) in [5.74, 6) is 1.90. The molecule has 0 aliphatic heterocycles. The van der Waals surface area contributed by atoms with Crippen molar-refractivity contribution in [1.82, 2.24) is 14.8 Å². The smallest absolute Gasteiger partial charge is 0.191 e. The van der Waals surface area contributed by atoms with Crippen molar-refractivity contribution in [3.8, 4) is 0 Å². The second-order valence-corrected chi connectivity index (χ2v) is 5.57. The summed E-state index contributed by atoms with van der Waals surface area (Å²) in [6.07, 6.45) is 2.59. The lowest BCUT2D eigenvalue weighted by molar-refractivity contribution is 0.642. The summed E-state index contributed by atoms with van der Waals surface area (Å²) in [6.45, 7) is 7.54. The van der Waals surface area contributed by atoms with Gasteiger partial charge in [-0.3, -0.25) is 0 Å². The molecular weight excluding hydrogens is 194 g/mol. The summed E-state index contributed by atoms with van der Waals surface area (Å²) >= 11 is 1.80. The van der Waals surface area contributed by atoms with E-state index in [-0.39, 0.29) is 0 Å². The molecule has 1 fully saturated rings. The summed E-state index contributed by atoms with van der Waals surface area (Å²) in [4.78, 5) is 0. The van der Waals surface area contributed by atoms with E-state index in [1.165, 1.54) is 18.7 Å². The highest BCUT2D eigenvalue weighted by atomic mass is 32.2. The van der Waals surface area contributed by atoms with Gasteiger partial charge in [-0.2, -0.15) is 0 Å². The summed E-state index contributed by atoms with van der Waals surface area (Å²) < 4.78 is 2.27. The van der Waals surface area contributed by atoms with Crippen molar-refractivity contribution in [3.05, 3.63) is 5.82 Å². The van der Waals surface area contributed by atoms with Crippen LogP contribution in [0.2, 0.25) is 0 Å². The Balaban J connectivity index is 2.22. The van der Waals surface area contributed by atoms with Gasteiger partial charge in [0.05, 0.1) is 0 Å². The van der Waals surface area contributed by atoms with Crippen molar-refractivity contribution in [1.29, 1.82) is 0 Å². The lowest BCUT2D eigenvalue weighted by Gasteiger charge is -2.07. The first-order valence-corrected chi connectivity index (χ1v) is 6.20. The van der Waals surface area contributed by atoms with Crippen LogP contribution in [0.1, 0.15) is 45.4 Å². The Kier molecular flexibility index (Phi) is 2.81. The summed E-state index contributed by atoms with van der Waals surface area (Å²) in [6, 6.07) is 0. The second kappa shape index (κ2) is 3.93. The Morgan fingerprint density at radius 2 is 2.14 bits per heavy atom. The molecule has 0 N–H and O–H groups in total. The van der Waals surface area contributed by atoms with Crippen molar-refractivity contribution < 1.29 is 0 Å². The third-order valence-electron chi connectivity index (χ3n) is 2.35. The van der Waals surface area contributed by atoms with Crippen LogP contribution in [0, 0.1) is 0 Å². The Morgan fingerprint density at radius 1 is 1.43 bits per heavy atom. The fourth-order valence-electron chi connectivity index (χ4n) is 1.54. The minimum Gasteiger partial charge on any atom is -0.306 e. The maximum absolute atomic E-state index is 4.29. The molecule has 2 rings (SSSR count). The van der Waals surface area contributed by atoms with E-state index >= 15 is 0 Å². The highest BCUT2D eigenvalue weighted by Crippen LogP contribution is 2.40. The lowest BCUT2D eigenvalue weighted by atomic mass is 10.4. The molecule has 0 spiro atoms. The number of aromatic nitrogens is 3. The van der Waals surface area contributed by atoms with Gasteiger partial charge in [-0.1, -0.05) is 25.6 Å². The van der Waals surface area contributed by atoms with Gasteiger partial charge in [-0.15, -0.1) is 10.2 Å². The summed E-state index contributed by atoms with van der Waals surface area (Å²) in [5, 5.41) is 10.2. The standard InChI is InChI=1S/C10H17N3S/c1-4-13-9(8-5-6-8)11-12-10(13)14-7(2)3/h7-8H,4-6H2,1-3H3. The summed E-state index contributed by atoms with van der Waals surface area (Å²) in [5.41, 5.74) is 0. The molecule has 0 radical (unpaired) electrons. The van der Waals surface area contributed by atoms with Crippen molar-refractivity contribution in [2.75, 3.05) is 0 Å². The molecule has 0 amide bonds. The zero-order valence-electron chi connectivity index (χ0n) is 9.03. The summed E-state index contributed by atoms with van der Waals surface area (Å²) in [7, 11) is 0. The second-order valence-electron chi connectivity index (χ2n) is 4.03. The number of hydrogen-bond donors (Lipinski definition) is 0. The lowest BCUT2D eigenvalue weighted by Crippen LogP contribution is -2.03. The van der Waals surface area contributed by atoms with Crippen molar-refractivity contribution >= 4 is 11.8 Å². The Bertz CT molecular complexity index is 315. The quantitative estimate of drug-likeness (QED) is 0.717. The van der Waals surface area contributed by atoms with E-state index in [4.69, 9.17) is 0 Å². The molecule has 14 heavy (non-hydrogen) atoms. The molecule has 3 nitrogen and oxygen atoms in total. The topological polar surface area (TPSA) is 30.7 Å². The van der Waals surface area contributed by atoms with Gasteiger partial charge in [0.25, 0.3) is 0 Å². The van der Waals surface area contributed by atoms with E-state index < -0.39 is 0 Å². The molecule has 1 aromatic rings. The van der Waals surface area contributed by atoms with Crippen LogP contribution in [-0.4, -0.2) is 20.0 Å². The monoisotopic (exact) mass is 211 g/mol. The molecule has 0 aromatic carbocycles. The third-order valence-corrected chi connectivity index (χ3v) is 3.33. The van der Waals surface area contributed by atoms with Crippen LogP contribution >= 0.6 is 11.8 Å². The van der Waals surface area contributed by atoms with Crippen LogP contribution in [0.5, 0.6) is 0 Å². The number of thioether (sulfide) groups is 1.